The molecule has 0 aliphatic heterocycles. The molecule has 0 bridgehead atoms. The first-order chi connectivity index (χ1) is 9.60. The summed E-state index contributed by atoms with van der Waals surface area (Å²) < 4.78 is 5.85. The SMILES string of the molecule is COc1ccc(C(=O)/C=C/c2cccc(O)c2)cc1Br. The minimum Gasteiger partial charge on any atom is -0.508 e. The van der Waals surface area contributed by atoms with Gasteiger partial charge in [-0.1, -0.05) is 18.2 Å². The normalized spacial score (nSPS) is 10.7. The molecule has 0 atom stereocenters. The number of aromatic hydroxyl groups is 1. The van der Waals surface area contributed by atoms with Gasteiger partial charge in [-0.25, -0.2) is 0 Å². The molecule has 0 radical (unpaired) electrons. The maximum Gasteiger partial charge on any atom is 0.185 e. The fourth-order valence-electron chi connectivity index (χ4n) is 1.72. The van der Waals surface area contributed by atoms with Crippen LogP contribution in [0, 0.1) is 0 Å². The van der Waals surface area contributed by atoms with E-state index in [2.05, 4.69) is 15.9 Å². The highest BCUT2D eigenvalue weighted by Gasteiger charge is 2.06. The number of hydrogen-bond acceptors (Lipinski definition) is 3. The van der Waals surface area contributed by atoms with E-state index >= 15 is 0 Å². The summed E-state index contributed by atoms with van der Waals surface area (Å²) >= 11 is 3.35. The monoisotopic (exact) mass is 332 g/mol. The lowest BCUT2D eigenvalue weighted by Crippen LogP contribution is -1.95. The highest BCUT2D eigenvalue weighted by Crippen LogP contribution is 2.25. The van der Waals surface area contributed by atoms with Crippen LogP contribution in [0.4, 0.5) is 0 Å². The van der Waals surface area contributed by atoms with Gasteiger partial charge in [-0.3, -0.25) is 4.79 Å². The highest BCUT2D eigenvalue weighted by atomic mass is 79.9. The zero-order chi connectivity index (χ0) is 14.5. The van der Waals surface area contributed by atoms with Crippen molar-refractivity contribution in [1.82, 2.24) is 0 Å². The molecule has 1 N–H and O–H groups in total. The largest absolute Gasteiger partial charge is 0.508 e. The number of ketones is 1. The van der Waals surface area contributed by atoms with E-state index in [4.69, 9.17) is 4.74 Å². The fourth-order valence-corrected chi connectivity index (χ4v) is 2.26. The Morgan fingerprint density at radius 1 is 1.25 bits per heavy atom. The third-order valence-corrected chi connectivity index (χ3v) is 3.35. The Morgan fingerprint density at radius 3 is 2.70 bits per heavy atom. The number of methoxy groups -OCH3 is 1. The van der Waals surface area contributed by atoms with Crippen LogP contribution in [0.3, 0.4) is 0 Å². The maximum absolute atomic E-state index is 12.0. The van der Waals surface area contributed by atoms with Gasteiger partial charge in [-0.15, -0.1) is 0 Å². The van der Waals surface area contributed by atoms with Crippen LogP contribution >= 0.6 is 15.9 Å². The number of carbonyl (C=O) groups is 1. The summed E-state index contributed by atoms with van der Waals surface area (Å²) in [5, 5.41) is 9.35. The molecule has 0 saturated carbocycles. The predicted molar refractivity (Wildman–Crippen MR) is 82.2 cm³/mol. The Balaban J connectivity index is 2.18. The second kappa shape index (κ2) is 6.39. The van der Waals surface area contributed by atoms with Crippen molar-refractivity contribution in [2.75, 3.05) is 7.11 Å². The average Bonchev–Trinajstić information content (AvgIpc) is 2.44. The number of halogens is 1. The van der Waals surface area contributed by atoms with Gasteiger partial charge in [0, 0.05) is 5.56 Å². The van der Waals surface area contributed by atoms with Gasteiger partial charge in [0.25, 0.3) is 0 Å². The van der Waals surface area contributed by atoms with Gasteiger partial charge in [-0.2, -0.15) is 0 Å². The maximum atomic E-state index is 12.0. The van der Waals surface area contributed by atoms with Crippen LogP contribution in [0.1, 0.15) is 15.9 Å². The lowest BCUT2D eigenvalue weighted by Gasteiger charge is -2.04. The number of phenolic OH excluding ortho intramolecular Hbond substituents is 1. The quantitative estimate of drug-likeness (QED) is 0.678. The smallest absolute Gasteiger partial charge is 0.185 e. The lowest BCUT2D eigenvalue weighted by molar-refractivity contribution is 0.104. The molecular weight excluding hydrogens is 320 g/mol. The second-order valence-electron chi connectivity index (χ2n) is 4.14. The molecule has 2 rings (SSSR count). The summed E-state index contributed by atoms with van der Waals surface area (Å²) in [6, 6.07) is 11.9. The van der Waals surface area contributed by atoms with Crippen molar-refractivity contribution < 1.29 is 14.6 Å². The van der Waals surface area contributed by atoms with E-state index in [1.807, 2.05) is 6.07 Å². The van der Waals surface area contributed by atoms with E-state index in [9.17, 15) is 9.90 Å². The summed E-state index contributed by atoms with van der Waals surface area (Å²) in [5.74, 6) is 0.738. The molecule has 0 aromatic heterocycles. The fraction of sp³-hybridized carbons (Fsp3) is 0.0625. The van der Waals surface area contributed by atoms with Crippen molar-refractivity contribution in [2.45, 2.75) is 0 Å². The van der Waals surface area contributed by atoms with Gasteiger partial charge in [0.05, 0.1) is 11.6 Å². The Labute approximate surface area is 125 Å². The Kier molecular flexibility index (Phi) is 4.58. The minimum absolute atomic E-state index is 0.114. The third-order valence-electron chi connectivity index (χ3n) is 2.73. The summed E-state index contributed by atoms with van der Waals surface area (Å²) in [5.41, 5.74) is 1.33. The van der Waals surface area contributed by atoms with E-state index in [1.165, 1.54) is 6.08 Å². The van der Waals surface area contributed by atoms with Crippen molar-refractivity contribution >= 4 is 27.8 Å². The molecular formula is C16H13BrO3. The zero-order valence-corrected chi connectivity index (χ0v) is 12.4. The lowest BCUT2D eigenvalue weighted by atomic mass is 10.1. The summed E-state index contributed by atoms with van der Waals surface area (Å²) in [7, 11) is 1.57. The average molecular weight is 333 g/mol. The van der Waals surface area contributed by atoms with E-state index in [-0.39, 0.29) is 11.5 Å². The molecule has 20 heavy (non-hydrogen) atoms. The van der Waals surface area contributed by atoms with Gasteiger partial charge in [0.2, 0.25) is 0 Å². The Bertz CT molecular complexity index is 663. The van der Waals surface area contributed by atoms with E-state index in [0.717, 1.165) is 10.0 Å². The van der Waals surface area contributed by atoms with Crippen LogP contribution in [0.25, 0.3) is 6.08 Å². The van der Waals surface area contributed by atoms with Crippen molar-refractivity contribution in [3.05, 3.63) is 64.1 Å². The Hall–Kier alpha value is -2.07. The topological polar surface area (TPSA) is 46.5 Å². The van der Waals surface area contributed by atoms with Gasteiger partial charge < -0.3 is 9.84 Å². The molecule has 4 heteroatoms. The van der Waals surface area contributed by atoms with Crippen LogP contribution in [-0.2, 0) is 0 Å². The van der Waals surface area contributed by atoms with Crippen LogP contribution < -0.4 is 4.74 Å². The van der Waals surface area contributed by atoms with Crippen molar-refractivity contribution in [3.63, 3.8) is 0 Å². The summed E-state index contributed by atoms with van der Waals surface area (Å²) in [6.07, 6.45) is 3.14. The molecule has 3 nitrogen and oxygen atoms in total. The van der Waals surface area contributed by atoms with E-state index < -0.39 is 0 Å². The first-order valence-corrected chi connectivity index (χ1v) is 6.74. The third kappa shape index (κ3) is 3.48. The van der Waals surface area contributed by atoms with Crippen LogP contribution in [0.2, 0.25) is 0 Å². The molecule has 0 amide bonds. The molecule has 0 unspecified atom stereocenters. The number of hydrogen-bond donors (Lipinski definition) is 1. The molecule has 0 spiro atoms. The van der Waals surface area contributed by atoms with Gasteiger partial charge in [-0.05, 0) is 57.9 Å². The van der Waals surface area contributed by atoms with Gasteiger partial charge in [0.1, 0.15) is 11.5 Å². The van der Waals surface area contributed by atoms with Crippen molar-refractivity contribution in [2.24, 2.45) is 0 Å². The number of phenols is 1. The molecule has 2 aromatic carbocycles. The number of carbonyl (C=O) groups excluding carboxylic acids is 1. The van der Waals surface area contributed by atoms with Gasteiger partial charge in [0.15, 0.2) is 5.78 Å². The molecule has 0 heterocycles. The summed E-state index contributed by atoms with van der Waals surface area (Å²) in [4.78, 5) is 12.0. The molecule has 0 aliphatic rings. The van der Waals surface area contributed by atoms with Crippen LogP contribution in [0.15, 0.2) is 53.0 Å². The second-order valence-corrected chi connectivity index (χ2v) is 5.00. The minimum atomic E-state index is -0.114. The summed E-state index contributed by atoms with van der Waals surface area (Å²) in [6.45, 7) is 0. The standard InChI is InChI=1S/C16H13BrO3/c1-20-16-8-6-12(10-14(16)17)15(19)7-5-11-3-2-4-13(18)9-11/h2-10,18H,1H3/b7-5+. The zero-order valence-electron chi connectivity index (χ0n) is 10.8. The molecule has 102 valence electrons. The first kappa shape index (κ1) is 14.3. The molecule has 0 saturated heterocycles. The van der Waals surface area contributed by atoms with E-state index in [1.54, 1.807) is 49.6 Å². The van der Waals surface area contributed by atoms with Crippen LogP contribution in [0.5, 0.6) is 11.5 Å². The predicted octanol–water partition coefficient (Wildman–Crippen LogP) is 4.06. The molecule has 2 aromatic rings. The number of ether oxygens (including phenoxy) is 1. The highest BCUT2D eigenvalue weighted by molar-refractivity contribution is 9.10. The van der Waals surface area contributed by atoms with Crippen molar-refractivity contribution in [1.29, 1.82) is 0 Å². The molecule has 0 aliphatic carbocycles. The number of benzene rings is 2. The number of allylic oxidation sites excluding steroid dienone is 1. The van der Waals surface area contributed by atoms with E-state index in [0.29, 0.717) is 11.3 Å². The first-order valence-electron chi connectivity index (χ1n) is 5.95. The van der Waals surface area contributed by atoms with Crippen molar-refractivity contribution in [3.8, 4) is 11.5 Å². The Morgan fingerprint density at radius 2 is 2.05 bits per heavy atom. The van der Waals surface area contributed by atoms with Gasteiger partial charge >= 0.3 is 0 Å². The number of rotatable bonds is 4. The molecule has 0 fully saturated rings. The van der Waals surface area contributed by atoms with Crippen LogP contribution in [-0.4, -0.2) is 18.0 Å².